The predicted molar refractivity (Wildman–Crippen MR) is 105 cm³/mol. The van der Waals surface area contributed by atoms with Crippen molar-refractivity contribution in [2.24, 2.45) is 0 Å². The van der Waals surface area contributed by atoms with Crippen molar-refractivity contribution in [1.29, 1.82) is 0 Å². The van der Waals surface area contributed by atoms with Crippen molar-refractivity contribution in [3.8, 4) is 0 Å². The lowest BCUT2D eigenvalue weighted by molar-refractivity contribution is -0.117. The van der Waals surface area contributed by atoms with Gasteiger partial charge in [-0.2, -0.15) is 0 Å². The number of ketones is 2. The molecule has 0 unspecified atom stereocenters. The molecule has 0 N–H and O–H groups in total. The van der Waals surface area contributed by atoms with Gasteiger partial charge in [0.25, 0.3) is 0 Å². The fourth-order valence-corrected chi connectivity index (χ4v) is 3.16. The van der Waals surface area contributed by atoms with E-state index in [0.29, 0.717) is 17.5 Å². The van der Waals surface area contributed by atoms with E-state index in [-0.39, 0.29) is 18.0 Å². The molecule has 0 aliphatic heterocycles. The van der Waals surface area contributed by atoms with Crippen molar-refractivity contribution in [2.75, 3.05) is 0 Å². The Balaban J connectivity index is 1.84. The van der Waals surface area contributed by atoms with Crippen molar-refractivity contribution in [2.45, 2.75) is 26.7 Å². The van der Waals surface area contributed by atoms with Crippen LogP contribution in [0, 0.1) is 13.8 Å². The first-order valence-corrected chi connectivity index (χ1v) is 8.80. The van der Waals surface area contributed by atoms with Gasteiger partial charge in [-0.25, -0.2) is 0 Å². The Morgan fingerprint density at radius 1 is 0.615 bits per heavy atom. The van der Waals surface area contributed by atoms with Crippen LogP contribution >= 0.6 is 0 Å². The van der Waals surface area contributed by atoms with Gasteiger partial charge in [0.15, 0.2) is 5.78 Å². The second-order valence-corrected chi connectivity index (χ2v) is 6.62. The molecule has 3 aromatic rings. The first-order chi connectivity index (χ1) is 12.6. The van der Waals surface area contributed by atoms with E-state index in [1.165, 1.54) is 0 Å². The topological polar surface area (TPSA) is 34.1 Å². The number of Topliss-reactive ketones (excluding diaryl/α,β-unsaturated/α-hetero) is 1. The molecule has 2 heteroatoms. The zero-order valence-electron chi connectivity index (χ0n) is 15.2. The lowest BCUT2D eigenvalue weighted by Gasteiger charge is -2.10. The number of hydrogen-bond acceptors (Lipinski definition) is 2. The zero-order chi connectivity index (χ0) is 18.5. The summed E-state index contributed by atoms with van der Waals surface area (Å²) in [6.07, 6.45) is 0.654. The standard InChI is InChI=1S/C24H22O2/c1-17-9-3-5-11-19(17)15-21(25)16-20-12-6-8-14-23(20)24(26)22-13-7-4-10-18(22)2/h3-14H,15-16H2,1-2H3. The SMILES string of the molecule is Cc1ccccc1CC(=O)Cc1ccccc1C(=O)c1ccccc1C. The molecular weight excluding hydrogens is 320 g/mol. The quantitative estimate of drug-likeness (QED) is 0.598. The lowest BCUT2D eigenvalue weighted by atomic mass is 9.92. The van der Waals surface area contributed by atoms with Gasteiger partial charge in [0, 0.05) is 24.0 Å². The molecule has 0 saturated carbocycles. The van der Waals surface area contributed by atoms with Crippen molar-refractivity contribution < 1.29 is 9.59 Å². The van der Waals surface area contributed by atoms with Crippen LogP contribution in [0.2, 0.25) is 0 Å². The number of rotatable bonds is 6. The van der Waals surface area contributed by atoms with Crippen LogP contribution in [0.1, 0.15) is 38.2 Å². The largest absolute Gasteiger partial charge is 0.299 e. The Morgan fingerprint density at radius 3 is 1.77 bits per heavy atom. The van der Waals surface area contributed by atoms with Gasteiger partial charge in [-0.1, -0.05) is 72.8 Å². The molecule has 0 aromatic heterocycles. The summed E-state index contributed by atoms with van der Waals surface area (Å²) < 4.78 is 0. The fraction of sp³-hybridized carbons (Fsp3) is 0.167. The zero-order valence-corrected chi connectivity index (χ0v) is 15.2. The highest BCUT2D eigenvalue weighted by molar-refractivity contribution is 6.11. The van der Waals surface area contributed by atoms with Gasteiger partial charge in [0.2, 0.25) is 0 Å². The molecule has 0 atom stereocenters. The van der Waals surface area contributed by atoms with Gasteiger partial charge in [0.1, 0.15) is 5.78 Å². The second kappa shape index (κ2) is 7.92. The van der Waals surface area contributed by atoms with Crippen molar-refractivity contribution >= 4 is 11.6 Å². The van der Waals surface area contributed by atoms with Gasteiger partial charge >= 0.3 is 0 Å². The van der Waals surface area contributed by atoms with E-state index >= 15 is 0 Å². The molecule has 0 aliphatic carbocycles. The molecule has 0 saturated heterocycles. The van der Waals surface area contributed by atoms with E-state index in [2.05, 4.69) is 0 Å². The fourth-order valence-electron chi connectivity index (χ4n) is 3.16. The molecule has 2 nitrogen and oxygen atoms in total. The summed E-state index contributed by atoms with van der Waals surface area (Å²) >= 11 is 0. The number of carbonyl (C=O) groups excluding carboxylic acids is 2. The molecule has 0 radical (unpaired) electrons. The van der Waals surface area contributed by atoms with Crippen LogP contribution in [-0.2, 0) is 17.6 Å². The van der Waals surface area contributed by atoms with Crippen LogP contribution in [-0.4, -0.2) is 11.6 Å². The average Bonchev–Trinajstić information content (AvgIpc) is 2.64. The Kier molecular flexibility index (Phi) is 5.43. The summed E-state index contributed by atoms with van der Waals surface area (Å²) in [5, 5.41) is 0. The maximum atomic E-state index is 13.0. The van der Waals surface area contributed by atoms with E-state index < -0.39 is 0 Å². The van der Waals surface area contributed by atoms with Gasteiger partial charge in [-0.3, -0.25) is 9.59 Å². The van der Waals surface area contributed by atoms with Crippen LogP contribution in [0.5, 0.6) is 0 Å². The minimum atomic E-state index is -0.0256. The van der Waals surface area contributed by atoms with Gasteiger partial charge in [-0.15, -0.1) is 0 Å². The minimum absolute atomic E-state index is 0.0256. The normalized spacial score (nSPS) is 10.5. The molecule has 26 heavy (non-hydrogen) atoms. The highest BCUT2D eigenvalue weighted by Gasteiger charge is 2.17. The van der Waals surface area contributed by atoms with E-state index in [9.17, 15) is 9.59 Å². The van der Waals surface area contributed by atoms with Crippen LogP contribution in [0.25, 0.3) is 0 Å². The molecule has 0 heterocycles. The monoisotopic (exact) mass is 342 g/mol. The van der Waals surface area contributed by atoms with Crippen LogP contribution in [0.4, 0.5) is 0 Å². The van der Waals surface area contributed by atoms with Crippen molar-refractivity contribution in [1.82, 2.24) is 0 Å². The molecule has 0 aliphatic rings. The summed E-state index contributed by atoms with van der Waals surface area (Å²) in [5.41, 5.74) is 5.19. The van der Waals surface area contributed by atoms with Crippen LogP contribution in [0.15, 0.2) is 72.8 Å². The summed E-state index contributed by atoms with van der Waals surface area (Å²) in [6, 6.07) is 22.9. The van der Waals surface area contributed by atoms with E-state index in [1.807, 2.05) is 86.6 Å². The third-order valence-corrected chi connectivity index (χ3v) is 4.69. The first-order valence-electron chi connectivity index (χ1n) is 8.80. The molecule has 0 amide bonds. The number of carbonyl (C=O) groups is 2. The second-order valence-electron chi connectivity index (χ2n) is 6.62. The van der Waals surface area contributed by atoms with E-state index in [0.717, 1.165) is 22.3 Å². The van der Waals surface area contributed by atoms with Crippen LogP contribution < -0.4 is 0 Å². The smallest absolute Gasteiger partial charge is 0.193 e. The molecule has 130 valence electrons. The molecule has 0 bridgehead atoms. The molecule has 3 aromatic carbocycles. The summed E-state index contributed by atoms with van der Waals surface area (Å²) in [7, 11) is 0. The van der Waals surface area contributed by atoms with E-state index in [4.69, 9.17) is 0 Å². The van der Waals surface area contributed by atoms with Crippen molar-refractivity contribution in [3.63, 3.8) is 0 Å². The molecule has 0 spiro atoms. The minimum Gasteiger partial charge on any atom is -0.299 e. The number of benzene rings is 3. The Hall–Kier alpha value is -3.00. The molecular formula is C24H22O2. The third kappa shape index (κ3) is 3.97. The Bertz CT molecular complexity index is 954. The Morgan fingerprint density at radius 2 is 1.12 bits per heavy atom. The number of hydrogen-bond donors (Lipinski definition) is 0. The maximum Gasteiger partial charge on any atom is 0.193 e. The van der Waals surface area contributed by atoms with Gasteiger partial charge in [-0.05, 0) is 36.1 Å². The third-order valence-electron chi connectivity index (χ3n) is 4.69. The van der Waals surface area contributed by atoms with Crippen LogP contribution in [0.3, 0.4) is 0 Å². The summed E-state index contributed by atoms with van der Waals surface area (Å²) in [5.74, 6) is 0.0896. The molecule has 3 rings (SSSR count). The average molecular weight is 342 g/mol. The Labute approximate surface area is 154 Å². The van der Waals surface area contributed by atoms with Gasteiger partial charge < -0.3 is 0 Å². The maximum absolute atomic E-state index is 13.0. The lowest BCUT2D eigenvalue weighted by Crippen LogP contribution is -2.12. The van der Waals surface area contributed by atoms with Crippen molar-refractivity contribution in [3.05, 3.63) is 106 Å². The summed E-state index contributed by atoms with van der Waals surface area (Å²) in [4.78, 5) is 25.6. The summed E-state index contributed by atoms with van der Waals surface area (Å²) in [6.45, 7) is 3.94. The van der Waals surface area contributed by atoms with E-state index in [1.54, 1.807) is 0 Å². The number of aryl methyl sites for hydroxylation is 2. The highest BCUT2D eigenvalue weighted by Crippen LogP contribution is 2.19. The highest BCUT2D eigenvalue weighted by atomic mass is 16.1. The first kappa shape index (κ1) is 17.8. The van der Waals surface area contributed by atoms with Gasteiger partial charge in [0.05, 0.1) is 0 Å². The predicted octanol–water partition coefficient (Wildman–Crippen LogP) is 4.89. The molecule has 0 fully saturated rings.